The number of benzene rings is 1. The number of nitro groups is 1. The summed E-state index contributed by atoms with van der Waals surface area (Å²) in [6, 6.07) is 5.21. The highest BCUT2D eigenvalue weighted by Gasteiger charge is 2.17. The Morgan fingerprint density at radius 3 is 2.48 bits per heavy atom. The monoisotopic (exact) mass is 318 g/mol. The predicted octanol–water partition coefficient (Wildman–Crippen LogP) is 3.11. The summed E-state index contributed by atoms with van der Waals surface area (Å²) in [5, 5.41) is 23.0. The van der Waals surface area contributed by atoms with Gasteiger partial charge in [-0.15, -0.1) is 0 Å². The fraction of sp³-hybridized carbons (Fsp3) is 0.286. The number of nitro benzene ring substituents is 1. The average molecular weight is 318 g/mol. The molecule has 0 atom stereocenters. The zero-order valence-corrected chi connectivity index (χ0v) is 12.1. The quantitative estimate of drug-likeness (QED) is 0.0855. The maximum absolute atomic E-state index is 11.9. The van der Waals surface area contributed by atoms with Crippen LogP contribution in [0.1, 0.15) is 24.8 Å². The molecule has 0 heterocycles. The summed E-state index contributed by atoms with van der Waals surface area (Å²) < 4.78 is 0. The van der Waals surface area contributed by atoms with E-state index in [1.165, 1.54) is 30.3 Å². The molecule has 1 N–H and O–H groups in total. The van der Waals surface area contributed by atoms with Crippen molar-refractivity contribution < 1.29 is 19.6 Å². The molecule has 0 amide bonds. The second-order valence-electron chi connectivity index (χ2n) is 4.55. The van der Waals surface area contributed by atoms with E-state index in [1.54, 1.807) is 0 Å². The maximum atomic E-state index is 11.9. The van der Waals surface area contributed by atoms with Crippen LogP contribution in [0.3, 0.4) is 0 Å². The molecule has 23 heavy (non-hydrogen) atoms. The van der Waals surface area contributed by atoms with Crippen LogP contribution in [0.4, 0.5) is 5.69 Å². The second kappa shape index (κ2) is 8.96. The molecule has 0 unspecified atom stereocenters. The van der Waals surface area contributed by atoms with E-state index >= 15 is 0 Å². The number of carbonyl (C=O) groups is 2. The number of aliphatic carboxylic acids is 1. The number of unbranched alkanes of at least 4 members (excludes halogenated alkanes) is 1. The van der Waals surface area contributed by atoms with Crippen molar-refractivity contribution in [1.29, 1.82) is 0 Å². The Kier molecular flexibility index (Phi) is 6.96. The first-order valence-corrected chi connectivity index (χ1v) is 6.69. The number of Topliss-reactive ketones (excluding diaryl/α,β-unsaturated/α-hetero) is 1. The van der Waals surface area contributed by atoms with Crippen LogP contribution in [0, 0.1) is 10.1 Å². The van der Waals surface area contributed by atoms with Gasteiger partial charge in [-0.3, -0.25) is 14.9 Å². The van der Waals surface area contributed by atoms with Crippen molar-refractivity contribution in [2.24, 2.45) is 5.11 Å². The summed E-state index contributed by atoms with van der Waals surface area (Å²) in [5.74, 6) is -1.90. The number of nitrogens with zero attached hydrogens (tertiary/aromatic N) is 4. The van der Waals surface area contributed by atoms with Crippen LogP contribution in [0.2, 0.25) is 0 Å². The third-order valence-electron chi connectivity index (χ3n) is 2.92. The summed E-state index contributed by atoms with van der Waals surface area (Å²) >= 11 is 0. The third-order valence-corrected chi connectivity index (χ3v) is 2.92. The molecular formula is C14H14N4O5. The van der Waals surface area contributed by atoms with E-state index in [1.807, 2.05) is 0 Å². The lowest BCUT2D eigenvalue weighted by atomic mass is 10.0. The molecule has 120 valence electrons. The van der Waals surface area contributed by atoms with Crippen LogP contribution in [0.5, 0.6) is 0 Å². The van der Waals surface area contributed by atoms with Crippen LogP contribution in [0.15, 0.2) is 35.0 Å². The Morgan fingerprint density at radius 1 is 1.30 bits per heavy atom. The molecule has 0 aliphatic carbocycles. The molecule has 0 aliphatic rings. The summed E-state index contributed by atoms with van der Waals surface area (Å²) in [6.07, 6.45) is 2.09. The first-order chi connectivity index (χ1) is 11.0. The molecule has 1 aromatic rings. The van der Waals surface area contributed by atoms with E-state index in [9.17, 15) is 19.7 Å². The number of carboxylic acid groups (broad SMARTS) is 1. The van der Waals surface area contributed by atoms with Gasteiger partial charge in [-0.05, 0) is 42.1 Å². The number of non-ortho nitro benzene ring substituents is 1. The van der Waals surface area contributed by atoms with Crippen molar-refractivity contribution in [3.8, 4) is 0 Å². The standard InChI is InChI=1S/C14H14N4O5/c15-17-16-8-2-1-3-13(19)12(14(20)21)9-10-4-6-11(7-5-10)18(22)23/h4-7,9H,1-3,8H2,(H,20,21)/b12-9+. The van der Waals surface area contributed by atoms with E-state index < -0.39 is 16.7 Å². The molecule has 0 radical (unpaired) electrons. The highest BCUT2D eigenvalue weighted by Crippen LogP contribution is 2.16. The molecule has 0 bridgehead atoms. The molecule has 0 saturated heterocycles. The minimum Gasteiger partial charge on any atom is -0.478 e. The van der Waals surface area contributed by atoms with Crippen molar-refractivity contribution in [2.75, 3.05) is 6.54 Å². The number of ketones is 1. The molecule has 1 rings (SSSR count). The van der Waals surface area contributed by atoms with Gasteiger partial charge in [0.15, 0.2) is 5.78 Å². The van der Waals surface area contributed by atoms with Gasteiger partial charge in [0.25, 0.3) is 5.69 Å². The van der Waals surface area contributed by atoms with E-state index in [2.05, 4.69) is 10.0 Å². The Hall–Kier alpha value is -3.19. The topological polar surface area (TPSA) is 146 Å². The highest BCUT2D eigenvalue weighted by atomic mass is 16.6. The normalized spacial score (nSPS) is 10.7. The lowest BCUT2D eigenvalue weighted by Gasteiger charge is -2.02. The Labute approximate surface area is 131 Å². The maximum Gasteiger partial charge on any atom is 0.339 e. The van der Waals surface area contributed by atoms with E-state index in [-0.39, 0.29) is 24.2 Å². The number of hydrogen-bond acceptors (Lipinski definition) is 5. The van der Waals surface area contributed by atoms with Crippen LogP contribution in [0.25, 0.3) is 16.5 Å². The zero-order chi connectivity index (χ0) is 17.2. The highest BCUT2D eigenvalue weighted by molar-refractivity contribution is 6.19. The van der Waals surface area contributed by atoms with E-state index in [0.717, 1.165) is 0 Å². The van der Waals surface area contributed by atoms with Crippen molar-refractivity contribution in [2.45, 2.75) is 19.3 Å². The molecule has 0 saturated carbocycles. The largest absolute Gasteiger partial charge is 0.478 e. The zero-order valence-electron chi connectivity index (χ0n) is 12.1. The van der Waals surface area contributed by atoms with Gasteiger partial charge in [0.05, 0.1) is 4.92 Å². The summed E-state index contributed by atoms with van der Waals surface area (Å²) in [4.78, 5) is 35.7. The van der Waals surface area contributed by atoms with Gasteiger partial charge in [-0.1, -0.05) is 5.11 Å². The van der Waals surface area contributed by atoms with Gasteiger partial charge in [-0.2, -0.15) is 0 Å². The van der Waals surface area contributed by atoms with Crippen LogP contribution in [-0.4, -0.2) is 28.3 Å². The van der Waals surface area contributed by atoms with E-state index in [4.69, 9.17) is 10.6 Å². The summed E-state index contributed by atoms with van der Waals surface area (Å²) in [5.41, 5.74) is 7.99. The smallest absolute Gasteiger partial charge is 0.339 e. The molecule has 0 spiro atoms. The van der Waals surface area contributed by atoms with Crippen molar-refractivity contribution >= 4 is 23.5 Å². The molecule has 9 heteroatoms. The average Bonchev–Trinajstić information content (AvgIpc) is 2.52. The van der Waals surface area contributed by atoms with Gasteiger partial charge < -0.3 is 5.11 Å². The van der Waals surface area contributed by atoms with Gasteiger partial charge in [0, 0.05) is 30.0 Å². The molecule has 1 aromatic carbocycles. The minimum atomic E-state index is -1.36. The first kappa shape index (κ1) is 17.9. The predicted molar refractivity (Wildman–Crippen MR) is 81.6 cm³/mol. The third kappa shape index (κ3) is 5.98. The number of hydrogen-bond donors (Lipinski definition) is 1. The second-order valence-corrected chi connectivity index (χ2v) is 4.55. The Bertz CT molecular complexity index is 675. The van der Waals surface area contributed by atoms with Gasteiger partial charge in [0.2, 0.25) is 0 Å². The van der Waals surface area contributed by atoms with Crippen molar-refractivity contribution in [3.05, 3.63) is 56.0 Å². The fourth-order valence-corrected chi connectivity index (χ4v) is 1.77. The first-order valence-electron chi connectivity index (χ1n) is 6.69. The van der Waals surface area contributed by atoms with Crippen molar-refractivity contribution in [1.82, 2.24) is 0 Å². The SMILES string of the molecule is [N-]=[N+]=NCCCCC(=O)/C(=C\c1ccc([N+](=O)[O-])cc1)C(=O)O. The number of azide groups is 1. The van der Waals surface area contributed by atoms with Gasteiger partial charge in [-0.25, -0.2) is 4.79 Å². The van der Waals surface area contributed by atoms with Crippen molar-refractivity contribution in [3.63, 3.8) is 0 Å². The van der Waals surface area contributed by atoms with Gasteiger partial charge in [0.1, 0.15) is 5.57 Å². The molecule has 0 aromatic heterocycles. The Balaban J connectivity index is 2.80. The van der Waals surface area contributed by atoms with Gasteiger partial charge >= 0.3 is 5.97 Å². The number of carbonyl (C=O) groups excluding carboxylic acids is 1. The number of carboxylic acids is 1. The van der Waals surface area contributed by atoms with Crippen LogP contribution < -0.4 is 0 Å². The molecule has 0 fully saturated rings. The van der Waals surface area contributed by atoms with Crippen LogP contribution >= 0.6 is 0 Å². The summed E-state index contributed by atoms with van der Waals surface area (Å²) in [6.45, 7) is 0.248. The van der Waals surface area contributed by atoms with E-state index in [0.29, 0.717) is 18.4 Å². The summed E-state index contributed by atoms with van der Waals surface area (Å²) in [7, 11) is 0. The van der Waals surface area contributed by atoms with Crippen LogP contribution in [-0.2, 0) is 9.59 Å². The molecule has 9 nitrogen and oxygen atoms in total. The molecular weight excluding hydrogens is 304 g/mol. The lowest BCUT2D eigenvalue weighted by molar-refractivity contribution is -0.384. The molecule has 0 aliphatic heterocycles. The minimum absolute atomic E-state index is 0.0199. The Morgan fingerprint density at radius 2 is 1.96 bits per heavy atom. The fourth-order valence-electron chi connectivity index (χ4n) is 1.77. The lowest BCUT2D eigenvalue weighted by Crippen LogP contribution is -2.12. The number of rotatable bonds is 9.